The van der Waals surface area contributed by atoms with Crippen molar-refractivity contribution in [3.8, 4) is 0 Å². The molecule has 126 valence electrons. The van der Waals surface area contributed by atoms with Crippen molar-refractivity contribution < 1.29 is 4.79 Å². The van der Waals surface area contributed by atoms with Gasteiger partial charge in [-0.1, -0.05) is 0 Å². The van der Waals surface area contributed by atoms with E-state index < -0.39 is 5.79 Å². The molecule has 7 nitrogen and oxygen atoms in total. The minimum Gasteiger partial charge on any atom is -0.296 e. The fraction of sp³-hybridized carbons (Fsp3) is 0.412. The van der Waals surface area contributed by atoms with Crippen molar-refractivity contribution in [2.24, 2.45) is 0 Å². The maximum atomic E-state index is 12.5. The molecule has 0 unspecified atom stereocenters. The quantitative estimate of drug-likeness (QED) is 0.688. The van der Waals surface area contributed by atoms with E-state index in [1.807, 2.05) is 59.7 Å². The molecular weight excluding hydrogens is 304 g/mol. The summed E-state index contributed by atoms with van der Waals surface area (Å²) in [5.41, 5.74) is 5.09. The van der Waals surface area contributed by atoms with Gasteiger partial charge in [-0.15, -0.1) is 0 Å². The van der Waals surface area contributed by atoms with Gasteiger partial charge in [0.25, 0.3) is 0 Å². The Hall–Kier alpha value is -2.70. The van der Waals surface area contributed by atoms with E-state index in [-0.39, 0.29) is 0 Å². The first-order valence-corrected chi connectivity index (χ1v) is 7.87. The van der Waals surface area contributed by atoms with Crippen LogP contribution in [0.15, 0.2) is 18.2 Å². The lowest BCUT2D eigenvalue weighted by Gasteiger charge is -2.32. The van der Waals surface area contributed by atoms with Gasteiger partial charge in [-0.05, 0) is 59.7 Å². The maximum Gasteiger partial charge on any atom is 0.307 e. The van der Waals surface area contributed by atoms with E-state index in [1.54, 1.807) is 14.0 Å². The fourth-order valence-corrected chi connectivity index (χ4v) is 3.31. The first kappa shape index (κ1) is 16.2. The zero-order valence-corrected chi connectivity index (χ0v) is 14.9. The first-order valence-electron chi connectivity index (χ1n) is 7.87. The molecule has 0 amide bonds. The molecule has 0 radical (unpaired) electrons. The van der Waals surface area contributed by atoms with Crippen LogP contribution in [0.2, 0.25) is 0 Å². The average Bonchev–Trinajstić information content (AvgIpc) is 3.12. The first-order chi connectivity index (χ1) is 11.3. The van der Waals surface area contributed by atoms with Crippen LogP contribution in [0, 0.1) is 41.5 Å². The topological polar surface area (TPSA) is 70.5 Å². The number of aromatic nitrogens is 6. The Kier molecular flexibility index (Phi) is 3.66. The highest BCUT2D eigenvalue weighted by Gasteiger charge is 2.42. The van der Waals surface area contributed by atoms with Gasteiger partial charge in [0.05, 0.1) is 17.1 Å². The van der Waals surface area contributed by atoms with Gasteiger partial charge >= 0.3 is 5.79 Å². The predicted octanol–water partition coefficient (Wildman–Crippen LogP) is 2.03. The smallest absolute Gasteiger partial charge is 0.296 e. The lowest BCUT2D eigenvalue weighted by atomic mass is 10.3. The highest BCUT2D eigenvalue weighted by molar-refractivity contribution is 5.62. The van der Waals surface area contributed by atoms with Crippen molar-refractivity contribution in [1.29, 1.82) is 0 Å². The monoisotopic (exact) mass is 326 g/mol. The zero-order chi connectivity index (χ0) is 17.6. The molecule has 0 aliphatic rings. The SMILES string of the molecule is Cc1cc(C)n(C(C=O)(n2nc(C)cc2C)n2nc(C)cc2C)n1. The number of aryl methyl sites for hydroxylation is 6. The molecule has 0 aliphatic heterocycles. The summed E-state index contributed by atoms with van der Waals surface area (Å²) < 4.78 is 5.07. The molecule has 0 spiro atoms. The van der Waals surface area contributed by atoms with Crippen LogP contribution in [0.25, 0.3) is 0 Å². The molecule has 3 rings (SSSR count). The number of carbonyl (C=O) groups is 1. The van der Waals surface area contributed by atoms with Gasteiger partial charge < -0.3 is 0 Å². The van der Waals surface area contributed by atoms with E-state index in [0.29, 0.717) is 0 Å². The summed E-state index contributed by atoms with van der Waals surface area (Å²) >= 11 is 0. The van der Waals surface area contributed by atoms with E-state index in [0.717, 1.165) is 40.4 Å². The minimum atomic E-state index is -1.31. The van der Waals surface area contributed by atoms with Gasteiger partial charge in [0.2, 0.25) is 0 Å². The summed E-state index contributed by atoms with van der Waals surface area (Å²) in [5.74, 6) is -1.31. The molecule has 7 heteroatoms. The van der Waals surface area contributed by atoms with Crippen LogP contribution in [0.1, 0.15) is 34.2 Å². The Labute approximate surface area is 140 Å². The normalized spacial score (nSPS) is 11.9. The Morgan fingerprint density at radius 3 is 1.17 bits per heavy atom. The Morgan fingerprint density at radius 1 is 0.708 bits per heavy atom. The van der Waals surface area contributed by atoms with Crippen LogP contribution in [0.4, 0.5) is 0 Å². The summed E-state index contributed by atoms with van der Waals surface area (Å²) in [7, 11) is 0. The summed E-state index contributed by atoms with van der Waals surface area (Å²) in [6.07, 6.45) is 0.852. The van der Waals surface area contributed by atoms with E-state index in [2.05, 4.69) is 15.3 Å². The standard InChI is InChI=1S/C17H22N6O/c1-11-7-14(4)21(18-11)17(10-24,22-15(5)8-12(2)19-22)23-16(6)9-13(3)20-23/h7-10H,1-6H3. The Balaban J connectivity index is 2.44. The second-order valence-corrected chi connectivity index (χ2v) is 6.32. The van der Waals surface area contributed by atoms with Crippen LogP contribution in [0.5, 0.6) is 0 Å². The number of carbonyl (C=O) groups excluding carboxylic acids is 1. The number of aldehydes is 1. The van der Waals surface area contributed by atoms with Crippen LogP contribution in [-0.4, -0.2) is 35.6 Å². The summed E-state index contributed by atoms with van der Waals surface area (Å²) in [6, 6.07) is 5.82. The van der Waals surface area contributed by atoms with Crippen LogP contribution in [0.3, 0.4) is 0 Å². The molecule has 0 aromatic carbocycles. The van der Waals surface area contributed by atoms with Crippen molar-refractivity contribution in [2.45, 2.75) is 47.3 Å². The van der Waals surface area contributed by atoms with Crippen molar-refractivity contribution in [1.82, 2.24) is 29.3 Å². The zero-order valence-electron chi connectivity index (χ0n) is 14.9. The molecule has 0 saturated heterocycles. The molecule has 3 aromatic rings. The third kappa shape index (κ3) is 2.19. The molecule has 0 bridgehead atoms. The molecule has 24 heavy (non-hydrogen) atoms. The molecule has 3 heterocycles. The molecule has 0 atom stereocenters. The number of hydrogen-bond donors (Lipinski definition) is 0. The lowest BCUT2D eigenvalue weighted by molar-refractivity contribution is -0.120. The number of rotatable bonds is 4. The van der Waals surface area contributed by atoms with Crippen molar-refractivity contribution in [2.75, 3.05) is 0 Å². The van der Waals surface area contributed by atoms with Gasteiger partial charge in [-0.2, -0.15) is 15.3 Å². The third-order valence-corrected chi connectivity index (χ3v) is 4.12. The largest absolute Gasteiger partial charge is 0.307 e. The molecule has 0 saturated carbocycles. The fourth-order valence-electron chi connectivity index (χ4n) is 3.31. The van der Waals surface area contributed by atoms with Gasteiger partial charge in [0.15, 0.2) is 6.29 Å². The summed E-state index contributed by atoms with van der Waals surface area (Å²) in [4.78, 5) is 12.5. The summed E-state index contributed by atoms with van der Waals surface area (Å²) in [6.45, 7) is 11.5. The summed E-state index contributed by atoms with van der Waals surface area (Å²) in [5, 5.41) is 13.7. The van der Waals surface area contributed by atoms with Gasteiger partial charge in [-0.25, -0.2) is 14.0 Å². The van der Waals surface area contributed by atoms with Crippen LogP contribution in [-0.2, 0) is 10.6 Å². The van der Waals surface area contributed by atoms with E-state index in [1.165, 1.54) is 0 Å². The van der Waals surface area contributed by atoms with E-state index in [4.69, 9.17) is 0 Å². The minimum absolute atomic E-state index is 0.835. The number of nitrogens with zero attached hydrogens (tertiary/aromatic N) is 6. The second-order valence-electron chi connectivity index (χ2n) is 6.32. The molecule has 0 aliphatic carbocycles. The highest BCUT2D eigenvalue weighted by Crippen LogP contribution is 2.25. The Morgan fingerprint density at radius 2 is 1.00 bits per heavy atom. The highest BCUT2D eigenvalue weighted by atomic mass is 16.1. The van der Waals surface area contributed by atoms with Crippen molar-refractivity contribution >= 4 is 6.29 Å². The van der Waals surface area contributed by atoms with Crippen LogP contribution >= 0.6 is 0 Å². The third-order valence-electron chi connectivity index (χ3n) is 4.12. The van der Waals surface area contributed by atoms with E-state index >= 15 is 0 Å². The van der Waals surface area contributed by atoms with Gasteiger partial charge in [-0.3, -0.25) is 4.79 Å². The maximum absolute atomic E-state index is 12.5. The van der Waals surface area contributed by atoms with Crippen molar-refractivity contribution in [3.05, 3.63) is 52.4 Å². The van der Waals surface area contributed by atoms with Crippen molar-refractivity contribution in [3.63, 3.8) is 0 Å². The second kappa shape index (κ2) is 5.43. The predicted molar refractivity (Wildman–Crippen MR) is 89.9 cm³/mol. The van der Waals surface area contributed by atoms with E-state index in [9.17, 15) is 4.79 Å². The van der Waals surface area contributed by atoms with Gasteiger partial charge in [0, 0.05) is 17.1 Å². The number of hydrogen-bond acceptors (Lipinski definition) is 4. The molecule has 0 fully saturated rings. The lowest BCUT2D eigenvalue weighted by Crippen LogP contribution is -2.52. The Bertz CT molecular complexity index is 801. The molecule has 3 aromatic heterocycles. The molecule has 0 N–H and O–H groups in total. The van der Waals surface area contributed by atoms with Crippen LogP contribution < -0.4 is 0 Å². The van der Waals surface area contributed by atoms with Gasteiger partial charge in [0.1, 0.15) is 0 Å². The molecular formula is C17H22N6O. The average molecular weight is 326 g/mol.